The lowest BCUT2D eigenvalue weighted by Gasteiger charge is -2.61. The zero-order valence-electron chi connectivity index (χ0n) is 37.6. The van der Waals surface area contributed by atoms with Crippen molar-refractivity contribution < 1.29 is 4.42 Å². The summed E-state index contributed by atoms with van der Waals surface area (Å²) in [5.74, 6) is 3.14. The van der Waals surface area contributed by atoms with Crippen molar-refractivity contribution in [2.75, 3.05) is 4.90 Å². The van der Waals surface area contributed by atoms with Crippen molar-refractivity contribution >= 4 is 49.8 Å². The predicted octanol–water partition coefficient (Wildman–Crippen LogP) is 17.5. The fourth-order valence-electron chi connectivity index (χ4n) is 14.2. The van der Waals surface area contributed by atoms with Crippen LogP contribution in [0, 0.1) is 37.5 Å². The van der Waals surface area contributed by atoms with Crippen LogP contribution in [-0.2, 0) is 5.41 Å². The Labute approximate surface area is 387 Å². The SMILES string of the molecule is Cc1ccc2c(N(c3ccc(-c4ccccc4)cc3)c3ccc4c(c3)oc3ccccc34)c(C)cc(-c3cccc4c3-c3ccc(-c5ccccc5)cc3C43C4CC5CC(C4)CC3C5)c2c1. The summed E-state index contributed by atoms with van der Waals surface area (Å²) in [7, 11) is 0. The number of fused-ring (bicyclic) bond motifs is 7. The van der Waals surface area contributed by atoms with Gasteiger partial charge < -0.3 is 9.32 Å². The van der Waals surface area contributed by atoms with Gasteiger partial charge in [-0.05, 0) is 179 Å². The molecule has 4 bridgehead atoms. The van der Waals surface area contributed by atoms with Crippen molar-refractivity contribution in [1.29, 1.82) is 0 Å². The smallest absolute Gasteiger partial charge is 0.137 e. The Bertz CT molecular complexity index is 3530. The molecule has 9 aromatic carbocycles. The van der Waals surface area contributed by atoms with Gasteiger partial charge in [-0.3, -0.25) is 0 Å². The number of para-hydroxylation sites is 1. The Morgan fingerprint density at radius 1 is 0.424 bits per heavy atom. The number of aryl methyl sites for hydroxylation is 2. The molecule has 15 rings (SSSR count). The molecule has 5 aliphatic carbocycles. The van der Waals surface area contributed by atoms with E-state index in [0.717, 1.165) is 45.1 Å². The van der Waals surface area contributed by atoms with E-state index in [4.69, 9.17) is 4.42 Å². The lowest BCUT2D eigenvalue weighted by atomic mass is 9.43. The summed E-state index contributed by atoms with van der Waals surface area (Å²) in [4.78, 5) is 2.47. The Balaban J connectivity index is 0.993. The molecule has 66 heavy (non-hydrogen) atoms. The van der Waals surface area contributed by atoms with Crippen LogP contribution in [0.5, 0.6) is 0 Å². The molecule has 318 valence electrons. The lowest BCUT2D eigenvalue weighted by Crippen LogP contribution is -2.55. The molecule has 1 spiro atoms. The number of anilines is 3. The number of hydrogen-bond donors (Lipinski definition) is 0. The molecule has 4 saturated carbocycles. The first-order valence-electron chi connectivity index (χ1n) is 24.2. The van der Waals surface area contributed by atoms with Crippen LogP contribution in [0.2, 0.25) is 0 Å². The molecular formula is C64H51NO. The van der Waals surface area contributed by atoms with Crippen molar-refractivity contribution in [3.63, 3.8) is 0 Å². The molecule has 0 N–H and O–H groups in total. The van der Waals surface area contributed by atoms with E-state index >= 15 is 0 Å². The maximum absolute atomic E-state index is 6.56. The third-order valence-electron chi connectivity index (χ3n) is 16.6. The topological polar surface area (TPSA) is 16.4 Å². The van der Waals surface area contributed by atoms with Gasteiger partial charge in [-0.2, -0.15) is 0 Å². The standard InChI is InChI=1S/C64H51NO/c1-39-20-27-54-56(30-39)57(53-17-11-18-58-62(53)55-28-23-46(44-14-7-4-8-15-44)37-59(55)64(58)47-33-41-32-42(35-47)36-48(64)34-41)31-40(2)63(54)65(49-24-21-45(22-25-49)43-12-5-3-6-13-43)50-26-29-52-51-16-9-10-19-60(51)66-61(52)38-50/h3-31,37-38,41-42,47-48H,32-36H2,1-2H3. The van der Waals surface area contributed by atoms with E-state index < -0.39 is 0 Å². The second-order valence-corrected chi connectivity index (χ2v) is 20.2. The zero-order valence-corrected chi connectivity index (χ0v) is 37.6. The average molecular weight is 850 g/mol. The maximum Gasteiger partial charge on any atom is 0.137 e. The Morgan fingerprint density at radius 2 is 1.06 bits per heavy atom. The van der Waals surface area contributed by atoms with Crippen LogP contribution in [0.15, 0.2) is 192 Å². The van der Waals surface area contributed by atoms with E-state index in [1.807, 2.05) is 0 Å². The molecule has 0 unspecified atom stereocenters. The number of nitrogens with zero attached hydrogens (tertiary/aromatic N) is 1. The van der Waals surface area contributed by atoms with Gasteiger partial charge in [0.25, 0.3) is 0 Å². The summed E-state index contributed by atoms with van der Waals surface area (Å²) in [5, 5.41) is 4.80. The minimum atomic E-state index is 0.0532. The van der Waals surface area contributed by atoms with Crippen LogP contribution < -0.4 is 4.90 Å². The maximum atomic E-state index is 6.56. The molecule has 0 aliphatic heterocycles. The van der Waals surface area contributed by atoms with E-state index in [2.05, 4.69) is 207 Å². The number of benzene rings is 9. The van der Waals surface area contributed by atoms with Crippen molar-refractivity contribution in [3.05, 3.63) is 210 Å². The molecule has 5 aliphatic rings. The van der Waals surface area contributed by atoms with Gasteiger partial charge in [0.2, 0.25) is 0 Å². The highest BCUT2D eigenvalue weighted by Crippen LogP contribution is 2.70. The lowest BCUT2D eigenvalue weighted by molar-refractivity contribution is -0.0399. The zero-order chi connectivity index (χ0) is 43.7. The van der Waals surface area contributed by atoms with Gasteiger partial charge in [-0.15, -0.1) is 0 Å². The molecule has 0 saturated heterocycles. The first kappa shape index (κ1) is 38.1. The highest BCUT2D eigenvalue weighted by atomic mass is 16.3. The molecular weight excluding hydrogens is 799 g/mol. The third kappa shape index (κ3) is 5.54. The summed E-state index contributed by atoms with van der Waals surface area (Å²) in [6.07, 6.45) is 6.91. The summed E-state index contributed by atoms with van der Waals surface area (Å²) in [6.45, 7) is 4.57. The van der Waals surface area contributed by atoms with E-state index in [-0.39, 0.29) is 5.41 Å². The molecule has 2 nitrogen and oxygen atoms in total. The van der Waals surface area contributed by atoms with E-state index in [1.54, 1.807) is 11.1 Å². The number of hydrogen-bond acceptors (Lipinski definition) is 2. The molecule has 4 fully saturated rings. The Kier molecular flexibility index (Phi) is 8.33. The van der Waals surface area contributed by atoms with E-state index in [1.165, 1.54) is 104 Å². The average Bonchev–Trinajstić information content (AvgIpc) is 3.87. The van der Waals surface area contributed by atoms with Crippen molar-refractivity contribution in [2.45, 2.75) is 51.4 Å². The molecule has 1 aromatic heterocycles. The summed E-state index contributed by atoms with van der Waals surface area (Å²) < 4.78 is 6.56. The predicted molar refractivity (Wildman–Crippen MR) is 275 cm³/mol. The van der Waals surface area contributed by atoms with Crippen LogP contribution >= 0.6 is 0 Å². The summed E-state index contributed by atoms with van der Waals surface area (Å²) in [5.41, 5.74) is 21.6. The van der Waals surface area contributed by atoms with Crippen LogP contribution in [0.1, 0.15) is 54.4 Å². The van der Waals surface area contributed by atoms with Crippen LogP contribution in [0.25, 0.3) is 77.2 Å². The number of furan rings is 1. The van der Waals surface area contributed by atoms with Crippen molar-refractivity contribution in [3.8, 4) is 44.5 Å². The second kappa shape index (κ2) is 14.4. The fraction of sp³-hybridized carbons (Fsp3) is 0.188. The van der Waals surface area contributed by atoms with Gasteiger partial charge in [-0.1, -0.05) is 145 Å². The van der Waals surface area contributed by atoms with Gasteiger partial charge >= 0.3 is 0 Å². The fourth-order valence-corrected chi connectivity index (χ4v) is 14.2. The quantitative estimate of drug-likeness (QED) is 0.166. The van der Waals surface area contributed by atoms with Gasteiger partial charge in [0.15, 0.2) is 0 Å². The molecule has 10 aromatic rings. The Morgan fingerprint density at radius 3 is 1.82 bits per heavy atom. The van der Waals surface area contributed by atoms with Crippen LogP contribution in [0.3, 0.4) is 0 Å². The van der Waals surface area contributed by atoms with Crippen molar-refractivity contribution in [2.24, 2.45) is 23.7 Å². The van der Waals surface area contributed by atoms with E-state index in [9.17, 15) is 0 Å². The second-order valence-electron chi connectivity index (χ2n) is 20.2. The van der Waals surface area contributed by atoms with Gasteiger partial charge in [0.05, 0.1) is 5.69 Å². The highest BCUT2D eigenvalue weighted by Gasteiger charge is 2.62. The molecule has 2 heteroatoms. The summed E-state index contributed by atoms with van der Waals surface area (Å²) in [6, 6.07) is 70.6. The monoisotopic (exact) mass is 849 g/mol. The number of rotatable bonds is 6. The minimum absolute atomic E-state index is 0.0532. The van der Waals surface area contributed by atoms with E-state index in [0.29, 0.717) is 11.8 Å². The van der Waals surface area contributed by atoms with Gasteiger partial charge in [0.1, 0.15) is 11.2 Å². The molecule has 1 heterocycles. The largest absolute Gasteiger partial charge is 0.456 e. The first-order valence-corrected chi connectivity index (χ1v) is 24.2. The van der Waals surface area contributed by atoms with Crippen molar-refractivity contribution in [1.82, 2.24) is 0 Å². The third-order valence-corrected chi connectivity index (χ3v) is 16.6. The molecule has 0 atom stereocenters. The van der Waals surface area contributed by atoms with Gasteiger partial charge in [-0.25, -0.2) is 0 Å². The Hall–Kier alpha value is -7.16. The van der Waals surface area contributed by atoms with Crippen LogP contribution in [0.4, 0.5) is 17.1 Å². The first-order chi connectivity index (χ1) is 32.5. The van der Waals surface area contributed by atoms with Gasteiger partial charge in [0, 0.05) is 39.0 Å². The summed E-state index contributed by atoms with van der Waals surface area (Å²) >= 11 is 0. The van der Waals surface area contributed by atoms with Crippen LogP contribution in [-0.4, -0.2) is 0 Å². The highest BCUT2D eigenvalue weighted by molar-refractivity contribution is 6.11. The normalized spacial score (nSPS) is 21.2. The molecule has 0 radical (unpaired) electrons. The minimum Gasteiger partial charge on any atom is -0.456 e. The molecule has 0 amide bonds.